The lowest BCUT2D eigenvalue weighted by Gasteiger charge is -2.15. The summed E-state index contributed by atoms with van der Waals surface area (Å²) in [6.45, 7) is 1.20. The number of para-hydroxylation sites is 1. The van der Waals surface area contributed by atoms with E-state index in [0.29, 0.717) is 29.4 Å². The van der Waals surface area contributed by atoms with Crippen molar-refractivity contribution in [1.29, 1.82) is 0 Å². The van der Waals surface area contributed by atoms with E-state index in [1.54, 1.807) is 6.07 Å². The zero-order valence-corrected chi connectivity index (χ0v) is 10.4. The zero-order chi connectivity index (χ0) is 12.5. The molecular weight excluding hydrogens is 252 g/mol. The molecule has 18 heavy (non-hydrogen) atoms. The number of carbonyl (C=O) groups is 1. The third-order valence-corrected chi connectivity index (χ3v) is 3.09. The second kappa shape index (κ2) is 4.55. The molecule has 1 amide bonds. The summed E-state index contributed by atoms with van der Waals surface area (Å²) in [6.07, 6.45) is 0.864. The predicted octanol–water partition coefficient (Wildman–Crippen LogP) is 2.67. The highest BCUT2D eigenvalue weighted by molar-refractivity contribution is 6.30. The summed E-state index contributed by atoms with van der Waals surface area (Å²) in [5, 5.41) is 2.50. The van der Waals surface area contributed by atoms with Crippen molar-refractivity contribution in [2.75, 3.05) is 13.2 Å². The first kappa shape index (κ1) is 11.4. The Balaban J connectivity index is 2.12. The Kier molecular flexibility index (Phi) is 2.89. The molecule has 1 fully saturated rings. The average molecular weight is 263 g/mol. The summed E-state index contributed by atoms with van der Waals surface area (Å²) >= 11 is 5.95. The zero-order valence-electron chi connectivity index (χ0n) is 9.60. The number of aromatic nitrogens is 1. The van der Waals surface area contributed by atoms with Gasteiger partial charge in [-0.3, -0.25) is 9.63 Å². The van der Waals surface area contributed by atoms with Gasteiger partial charge in [-0.2, -0.15) is 0 Å². The number of benzene rings is 1. The molecule has 0 atom stereocenters. The maximum absolute atomic E-state index is 12.3. The number of hydrogen-bond donors (Lipinski definition) is 0. The highest BCUT2D eigenvalue weighted by atomic mass is 35.5. The largest absolute Gasteiger partial charge is 0.278 e. The van der Waals surface area contributed by atoms with Crippen LogP contribution >= 0.6 is 11.6 Å². The van der Waals surface area contributed by atoms with Gasteiger partial charge in [0, 0.05) is 5.39 Å². The lowest BCUT2D eigenvalue weighted by atomic mass is 10.1. The molecule has 0 bridgehead atoms. The van der Waals surface area contributed by atoms with Crippen LogP contribution < -0.4 is 0 Å². The first-order valence-corrected chi connectivity index (χ1v) is 6.13. The molecule has 1 saturated heterocycles. The van der Waals surface area contributed by atoms with E-state index in [0.717, 1.165) is 11.8 Å². The third kappa shape index (κ3) is 1.94. The fourth-order valence-electron chi connectivity index (χ4n) is 2.06. The summed E-state index contributed by atoms with van der Waals surface area (Å²) in [7, 11) is 0. The standard InChI is InChI=1S/C13H11ClN2O2/c14-12-8-10(13(17)16-6-3-7-18-16)9-4-1-2-5-11(9)15-12/h1-2,4-5,8H,3,6-7H2. The number of fused-ring (bicyclic) bond motifs is 1. The summed E-state index contributed by atoms with van der Waals surface area (Å²) in [5.74, 6) is -0.159. The van der Waals surface area contributed by atoms with Gasteiger partial charge >= 0.3 is 0 Å². The van der Waals surface area contributed by atoms with E-state index in [1.165, 1.54) is 5.06 Å². The summed E-state index contributed by atoms with van der Waals surface area (Å²) in [4.78, 5) is 21.8. The quantitative estimate of drug-likeness (QED) is 0.742. The van der Waals surface area contributed by atoms with Crippen molar-refractivity contribution in [3.63, 3.8) is 0 Å². The van der Waals surface area contributed by atoms with Gasteiger partial charge in [0.2, 0.25) is 0 Å². The molecule has 0 saturated carbocycles. The van der Waals surface area contributed by atoms with Crippen LogP contribution in [0.4, 0.5) is 0 Å². The average Bonchev–Trinajstić information content (AvgIpc) is 2.90. The van der Waals surface area contributed by atoms with Crippen LogP contribution in [0.1, 0.15) is 16.8 Å². The van der Waals surface area contributed by atoms with Gasteiger partial charge in [0.25, 0.3) is 5.91 Å². The number of carbonyl (C=O) groups excluding carboxylic acids is 1. The molecule has 0 spiro atoms. The second-order valence-corrected chi connectivity index (χ2v) is 4.49. The van der Waals surface area contributed by atoms with Crippen molar-refractivity contribution < 1.29 is 9.63 Å². The van der Waals surface area contributed by atoms with Gasteiger partial charge in [-0.1, -0.05) is 29.8 Å². The molecule has 92 valence electrons. The van der Waals surface area contributed by atoms with Crippen LogP contribution in [-0.2, 0) is 4.84 Å². The smallest absolute Gasteiger partial charge is 0.271 e. The van der Waals surface area contributed by atoms with Gasteiger partial charge in [-0.15, -0.1) is 0 Å². The van der Waals surface area contributed by atoms with Crippen LogP contribution in [0.5, 0.6) is 0 Å². The third-order valence-electron chi connectivity index (χ3n) is 2.89. The number of hydrogen-bond acceptors (Lipinski definition) is 3. The molecule has 5 heteroatoms. The van der Waals surface area contributed by atoms with Crippen LogP contribution in [0, 0.1) is 0 Å². The lowest BCUT2D eigenvalue weighted by Crippen LogP contribution is -2.26. The van der Waals surface area contributed by atoms with E-state index in [1.807, 2.05) is 24.3 Å². The molecule has 0 unspecified atom stereocenters. The minimum atomic E-state index is -0.159. The molecule has 0 aliphatic carbocycles. The van der Waals surface area contributed by atoms with Crippen LogP contribution in [0.2, 0.25) is 5.15 Å². The number of halogens is 1. The van der Waals surface area contributed by atoms with Crippen molar-refractivity contribution in [2.24, 2.45) is 0 Å². The topological polar surface area (TPSA) is 42.4 Å². The Morgan fingerprint density at radius 3 is 3.00 bits per heavy atom. The van der Waals surface area contributed by atoms with E-state index >= 15 is 0 Å². The van der Waals surface area contributed by atoms with Crippen molar-refractivity contribution >= 4 is 28.4 Å². The highest BCUT2D eigenvalue weighted by Gasteiger charge is 2.23. The Hall–Kier alpha value is -1.65. The molecule has 4 nitrogen and oxygen atoms in total. The minimum Gasteiger partial charge on any atom is -0.271 e. The normalized spacial score (nSPS) is 15.3. The van der Waals surface area contributed by atoms with Crippen molar-refractivity contribution in [3.05, 3.63) is 41.0 Å². The number of nitrogens with zero attached hydrogens (tertiary/aromatic N) is 2. The maximum atomic E-state index is 12.3. The van der Waals surface area contributed by atoms with Crippen molar-refractivity contribution in [2.45, 2.75) is 6.42 Å². The second-order valence-electron chi connectivity index (χ2n) is 4.10. The molecule has 0 N–H and O–H groups in total. The Bertz CT molecular complexity index is 609. The molecule has 0 radical (unpaired) electrons. The number of amides is 1. The van der Waals surface area contributed by atoms with Gasteiger partial charge in [0.15, 0.2) is 0 Å². The van der Waals surface area contributed by atoms with Crippen LogP contribution in [0.3, 0.4) is 0 Å². The molecule has 3 rings (SSSR count). The van der Waals surface area contributed by atoms with Crippen molar-refractivity contribution in [1.82, 2.24) is 10.0 Å². The van der Waals surface area contributed by atoms with Crippen LogP contribution in [0.25, 0.3) is 10.9 Å². The van der Waals surface area contributed by atoms with Crippen LogP contribution in [-0.4, -0.2) is 29.1 Å². The van der Waals surface area contributed by atoms with E-state index in [4.69, 9.17) is 16.4 Å². The Morgan fingerprint density at radius 1 is 1.39 bits per heavy atom. The summed E-state index contributed by atoms with van der Waals surface area (Å²) in [6, 6.07) is 9.03. The Morgan fingerprint density at radius 2 is 2.22 bits per heavy atom. The van der Waals surface area contributed by atoms with Gasteiger partial charge in [-0.25, -0.2) is 10.0 Å². The van der Waals surface area contributed by atoms with Gasteiger partial charge < -0.3 is 0 Å². The molecule has 1 aliphatic rings. The fourth-order valence-corrected chi connectivity index (χ4v) is 2.26. The van der Waals surface area contributed by atoms with E-state index in [-0.39, 0.29) is 5.91 Å². The minimum absolute atomic E-state index is 0.159. The SMILES string of the molecule is O=C(c1cc(Cl)nc2ccccc12)N1CCCO1. The van der Waals surface area contributed by atoms with E-state index < -0.39 is 0 Å². The monoisotopic (exact) mass is 262 g/mol. The molecule has 1 aliphatic heterocycles. The highest BCUT2D eigenvalue weighted by Crippen LogP contribution is 2.23. The molecule has 1 aromatic carbocycles. The van der Waals surface area contributed by atoms with Gasteiger partial charge in [0.05, 0.1) is 24.2 Å². The fraction of sp³-hybridized carbons (Fsp3) is 0.231. The number of rotatable bonds is 1. The summed E-state index contributed by atoms with van der Waals surface area (Å²) in [5.41, 5.74) is 1.25. The van der Waals surface area contributed by atoms with E-state index in [2.05, 4.69) is 4.98 Å². The first-order valence-electron chi connectivity index (χ1n) is 5.76. The lowest BCUT2D eigenvalue weighted by molar-refractivity contribution is -0.0767. The molecular formula is C13H11ClN2O2. The van der Waals surface area contributed by atoms with Crippen LogP contribution in [0.15, 0.2) is 30.3 Å². The van der Waals surface area contributed by atoms with Gasteiger partial charge in [-0.05, 0) is 18.6 Å². The maximum Gasteiger partial charge on any atom is 0.278 e. The molecule has 2 aromatic rings. The summed E-state index contributed by atoms with van der Waals surface area (Å²) < 4.78 is 0. The predicted molar refractivity (Wildman–Crippen MR) is 68.4 cm³/mol. The van der Waals surface area contributed by atoms with E-state index in [9.17, 15) is 4.79 Å². The molecule has 2 heterocycles. The first-order chi connectivity index (χ1) is 8.75. The van der Waals surface area contributed by atoms with Crippen molar-refractivity contribution in [3.8, 4) is 0 Å². The Labute approximate surface area is 109 Å². The molecule has 1 aromatic heterocycles. The number of hydroxylamine groups is 2. The van der Waals surface area contributed by atoms with Gasteiger partial charge in [0.1, 0.15) is 5.15 Å². The number of pyridine rings is 1.